The number of hydrogen-bond donors (Lipinski definition) is 1. The van der Waals surface area contributed by atoms with E-state index in [9.17, 15) is 8.42 Å². The maximum Gasteiger partial charge on any atom is 0.399 e. The molecule has 30 heavy (non-hydrogen) atoms. The first-order valence-corrected chi connectivity index (χ1v) is 14.1. The summed E-state index contributed by atoms with van der Waals surface area (Å²) in [6, 6.07) is 0. The third kappa shape index (κ3) is 24.1. The lowest BCUT2D eigenvalue weighted by atomic mass is 10.1. The van der Waals surface area contributed by atoms with E-state index in [1.807, 2.05) is 0 Å². The van der Waals surface area contributed by atoms with Crippen LogP contribution in [-0.4, -0.2) is 25.9 Å². The van der Waals surface area contributed by atoms with Gasteiger partial charge in [-0.05, 0) is 19.3 Å². The molecule has 0 aromatic heterocycles. The van der Waals surface area contributed by atoms with E-state index in [2.05, 4.69) is 13.8 Å². The minimum atomic E-state index is -4.47. The second kappa shape index (κ2) is 22.0. The molecule has 5 nitrogen and oxygen atoms in total. The molecule has 6 heteroatoms. The largest absolute Gasteiger partial charge is 0.399 e. The molecule has 0 aliphatic carbocycles. The van der Waals surface area contributed by atoms with Gasteiger partial charge in [0, 0.05) is 6.61 Å². The molecule has 1 unspecified atom stereocenters. The van der Waals surface area contributed by atoms with Crippen LogP contribution in [0.4, 0.5) is 0 Å². The highest BCUT2D eigenvalue weighted by molar-refractivity contribution is 7.80. The molecule has 0 aromatic carbocycles. The summed E-state index contributed by atoms with van der Waals surface area (Å²) < 4.78 is 41.4. The van der Waals surface area contributed by atoms with E-state index in [1.165, 1.54) is 89.9 Å². The minimum Gasteiger partial charge on any atom is -0.351 e. The van der Waals surface area contributed by atoms with Gasteiger partial charge in [-0.2, -0.15) is 8.42 Å². The molecule has 0 saturated carbocycles. The molecule has 182 valence electrons. The molecule has 1 atom stereocenters. The lowest BCUT2D eigenvalue weighted by Gasteiger charge is -2.16. The Morgan fingerprint density at radius 2 is 0.967 bits per heavy atom. The van der Waals surface area contributed by atoms with Gasteiger partial charge < -0.3 is 4.74 Å². The first-order chi connectivity index (χ1) is 14.5. The summed E-state index contributed by atoms with van der Waals surface area (Å²) in [6.45, 7) is 4.95. The zero-order chi connectivity index (χ0) is 22.3. The summed E-state index contributed by atoms with van der Waals surface area (Å²) in [6.07, 6.45) is 22.9. The first kappa shape index (κ1) is 29.8. The number of ether oxygens (including phenoxy) is 1. The summed E-state index contributed by atoms with van der Waals surface area (Å²) in [5.74, 6) is 0. The lowest BCUT2D eigenvalue weighted by Crippen LogP contribution is -2.22. The zero-order valence-electron chi connectivity index (χ0n) is 19.9. The molecule has 0 fully saturated rings. The van der Waals surface area contributed by atoms with Crippen molar-refractivity contribution in [2.45, 2.75) is 149 Å². The fraction of sp³-hybridized carbons (Fsp3) is 1.00. The van der Waals surface area contributed by atoms with Crippen molar-refractivity contribution >= 4 is 10.4 Å². The predicted octanol–water partition coefficient (Wildman–Crippen LogP) is 7.99. The van der Waals surface area contributed by atoms with E-state index in [0.29, 0.717) is 13.0 Å². The Labute approximate surface area is 187 Å². The molecule has 0 rings (SSSR count). The van der Waals surface area contributed by atoms with Crippen LogP contribution in [0.5, 0.6) is 0 Å². The Balaban J connectivity index is 3.71. The monoisotopic (exact) mass is 450 g/mol. The molecule has 0 amide bonds. The molecule has 0 saturated heterocycles. The van der Waals surface area contributed by atoms with Gasteiger partial charge >= 0.3 is 10.4 Å². The van der Waals surface area contributed by atoms with Crippen molar-refractivity contribution in [3.05, 3.63) is 0 Å². The van der Waals surface area contributed by atoms with Crippen molar-refractivity contribution < 1.29 is 21.9 Å². The molecule has 0 spiro atoms. The van der Waals surface area contributed by atoms with Gasteiger partial charge in [0.15, 0.2) is 6.29 Å². The quantitative estimate of drug-likeness (QED) is 0.0916. The standard InChI is InChI=1S/C24H50O5S/c1-3-5-7-9-11-13-15-17-19-21-23-28-24(29-30(25,26)27)22-20-18-16-14-12-10-8-6-4-2/h24H,3-23H2,1-2H3,(H,25,26,27). The van der Waals surface area contributed by atoms with Crippen molar-refractivity contribution in [1.29, 1.82) is 0 Å². The smallest absolute Gasteiger partial charge is 0.351 e. The SMILES string of the molecule is CCCCCCCCCCCCOC(CCCCCCCCCCC)OS(=O)(=O)O. The maximum atomic E-state index is 11.1. The van der Waals surface area contributed by atoms with Crippen LogP contribution in [-0.2, 0) is 19.3 Å². The predicted molar refractivity (Wildman–Crippen MR) is 126 cm³/mol. The van der Waals surface area contributed by atoms with Crippen LogP contribution in [0.1, 0.15) is 142 Å². The third-order valence-electron chi connectivity index (χ3n) is 5.57. The van der Waals surface area contributed by atoms with Gasteiger partial charge in [-0.25, -0.2) is 4.18 Å². The Morgan fingerprint density at radius 3 is 1.37 bits per heavy atom. The first-order valence-electron chi connectivity index (χ1n) is 12.8. The molecule has 0 aliphatic heterocycles. The zero-order valence-corrected chi connectivity index (χ0v) is 20.7. The van der Waals surface area contributed by atoms with Crippen LogP contribution in [0.3, 0.4) is 0 Å². The van der Waals surface area contributed by atoms with Crippen LogP contribution in [0.15, 0.2) is 0 Å². The van der Waals surface area contributed by atoms with Gasteiger partial charge in [-0.15, -0.1) is 0 Å². The summed E-state index contributed by atoms with van der Waals surface area (Å²) in [5.41, 5.74) is 0. The molecule has 0 radical (unpaired) electrons. The van der Waals surface area contributed by atoms with E-state index in [-0.39, 0.29) is 0 Å². The minimum absolute atomic E-state index is 0.480. The van der Waals surface area contributed by atoms with Gasteiger partial charge in [-0.1, -0.05) is 123 Å². The van der Waals surface area contributed by atoms with Crippen molar-refractivity contribution in [2.75, 3.05) is 6.61 Å². The van der Waals surface area contributed by atoms with E-state index >= 15 is 0 Å². The van der Waals surface area contributed by atoms with E-state index < -0.39 is 16.7 Å². The van der Waals surface area contributed by atoms with Crippen LogP contribution < -0.4 is 0 Å². The van der Waals surface area contributed by atoms with Gasteiger partial charge in [0.25, 0.3) is 0 Å². The van der Waals surface area contributed by atoms with E-state index in [0.717, 1.165) is 32.1 Å². The topological polar surface area (TPSA) is 72.8 Å². The number of hydrogen-bond acceptors (Lipinski definition) is 4. The molecule has 1 N–H and O–H groups in total. The summed E-state index contributed by atoms with van der Waals surface area (Å²) in [5, 5.41) is 0. The molecular weight excluding hydrogens is 400 g/mol. The van der Waals surface area contributed by atoms with Gasteiger partial charge in [0.05, 0.1) is 0 Å². The summed E-state index contributed by atoms with van der Waals surface area (Å²) >= 11 is 0. The van der Waals surface area contributed by atoms with Gasteiger partial charge in [0.1, 0.15) is 0 Å². The Hall–Kier alpha value is -0.170. The van der Waals surface area contributed by atoms with Gasteiger partial charge in [-0.3, -0.25) is 4.55 Å². The van der Waals surface area contributed by atoms with Crippen molar-refractivity contribution in [3.8, 4) is 0 Å². The summed E-state index contributed by atoms with van der Waals surface area (Å²) in [7, 11) is -4.47. The van der Waals surface area contributed by atoms with Crippen LogP contribution in [0, 0.1) is 0 Å². The maximum absolute atomic E-state index is 11.1. The molecule has 0 aliphatic rings. The second-order valence-corrected chi connectivity index (χ2v) is 9.67. The Kier molecular flexibility index (Phi) is 21.9. The Bertz CT molecular complexity index is 439. The molecule has 0 bridgehead atoms. The number of unbranched alkanes of at least 4 members (excludes halogenated alkanes) is 17. The average Bonchev–Trinajstić information content (AvgIpc) is 2.69. The van der Waals surface area contributed by atoms with Crippen molar-refractivity contribution in [3.63, 3.8) is 0 Å². The second-order valence-electron chi connectivity index (χ2n) is 8.62. The van der Waals surface area contributed by atoms with Crippen LogP contribution in [0.25, 0.3) is 0 Å². The normalized spacial score (nSPS) is 13.0. The highest BCUT2D eigenvalue weighted by Gasteiger charge is 2.17. The fourth-order valence-corrected chi connectivity index (χ4v) is 4.14. The van der Waals surface area contributed by atoms with Crippen molar-refractivity contribution in [1.82, 2.24) is 0 Å². The molecule has 0 aromatic rings. The highest BCUT2D eigenvalue weighted by atomic mass is 32.3. The molecular formula is C24H50O5S. The fourth-order valence-electron chi connectivity index (χ4n) is 3.72. The Morgan fingerprint density at radius 1 is 0.600 bits per heavy atom. The average molecular weight is 451 g/mol. The van der Waals surface area contributed by atoms with E-state index in [1.54, 1.807) is 0 Å². The van der Waals surface area contributed by atoms with Gasteiger partial charge in [0.2, 0.25) is 0 Å². The highest BCUT2D eigenvalue weighted by Crippen LogP contribution is 2.15. The number of rotatable bonds is 24. The van der Waals surface area contributed by atoms with Crippen LogP contribution in [0.2, 0.25) is 0 Å². The van der Waals surface area contributed by atoms with E-state index in [4.69, 9.17) is 13.5 Å². The molecule has 0 heterocycles. The lowest BCUT2D eigenvalue weighted by molar-refractivity contribution is -0.0875. The third-order valence-corrected chi connectivity index (χ3v) is 6.03. The summed E-state index contributed by atoms with van der Waals surface area (Å²) in [4.78, 5) is 0. The van der Waals surface area contributed by atoms with Crippen molar-refractivity contribution in [2.24, 2.45) is 0 Å². The van der Waals surface area contributed by atoms with Crippen LogP contribution >= 0.6 is 0 Å².